The molecule has 0 saturated heterocycles. The lowest BCUT2D eigenvalue weighted by Crippen LogP contribution is -2.24. The van der Waals surface area contributed by atoms with Crippen LogP contribution in [-0.4, -0.2) is 30.6 Å². The van der Waals surface area contributed by atoms with Crippen LogP contribution < -0.4 is 10.9 Å². The lowest BCUT2D eigenvalue weighted by molar-refractivity contribution is 0.0949. The van der Waals surface area contributed by atoms with Crippen molar-refractivity contribution in [3.63, 3.8) is 0 Å². The summed E-state index contributed by atoms with van der Waals surface area (Å²) < 4.78 is 1.86. The summed E-state index contributed by atoms with van der Waals surface area (Å²) in [6, 6.07) is 13.8. The third kappa shape index (κ3) is 4.90. The molecule has 4 aromatic rings. The number of halogens is 1. The lowest BCUT2D eigenvalue weighted by Gasteiger charge is -2.09. The highest BCUT2D eigenvalue weighted by Gasteiger charge is 2.14. The van der Waals surface area contributed by atoms with Gasteiger partial charge in [-0.3, -0.25) is 9.59 Å². The average molecular weight is 467 g/mol. The Bertz CT molecular complexity index is 1330. The fourth-order valence-corrected chi connectivity index (χ4v) is 4.03. The zero-order chi connectivity index (χ0) is 22.5. The van der Waals surface area contributed by atoms with Crippen molar-refractivity contribution >= 4 is 40.2 Å². The molecular weight excluding hydrogens is 448 g/mol. The molecule has 0 unspecified atom stereocenters. The van der Waals surface area contributed by atoms with Gasteiger partial charge >= 0.3 is 0 Å². The number of amides is 1. The van der Waals surface area contributed by atoms with E-state index in [4.69, 9.17) is 11.6 Å². The third-order valence-electron chi connectivity index (χ3n) is 4.62. The lowest BCUT2D eigenvalue weighted by atomic mass is 10.2. The largest absolute Gasteiger partial charge is 0.345 e. The predicted molar refractivity (Wildman–Crippen MR) is 125 cm³/mol. The van der Waals surface area contributed by atoms with Crippen molar-refractivity contribution in [2.45, 2.75) is 24.0 Å². The number of para-hydroxylation sites is 1. The first-order valence-corrected chi connectivity index (χ1v) is 11.1. The Morgan fingerprint density at radius 3 is 2.75 bits per heavy atom. The van der Waals surface area contributed by atoms with Crippen LogP contribution in [0.4, 0.5) is 0 Å². The van der Waals surface area contributed by atoms with E-state index in [1.54, 1.807) is 48.5 Å². The van der Waals surface area contributed by atoms with Gasteiger partial charge in [0.1, 0.15) is 5.82 Å². The minimum atomic E-state index is -0.234. The van der Waals surface area contributed by atoms with Crippen LogP contribution in [0.15, 0.2) is 71.1 Å². The van der Waals surface area contributed by atoms with Crippen LogP contribution in [0.1, 0.15) is 22.0 Å². The fraction of sp³-hybridized carbons (Fsp3) is 0.136. The summed E-state index contributed by atoms with van der Waals surface area (Å²) in [4.78, 5) is 32.0. The quantitative estimate of drug-likeness (QED) is 0.304. The van der Waals surface area contributed by atoms with E-state index in [0.29, 0.717) is 50.6 Å². The Morgan fingerprint density at radius 2 is 1.97 bits per heavy atom. The van der Waals surface area contributed by atoms with Crippen molar-refractivity contribution in [3.8, 4) is 0 Å². The highest BCUT2D eigenvalue weighted by atomic mass is 35.5. The monoisotopic (exact) mass is 466 g/mol. The number of allylic oxidation sites excluding steroid dienone is 1. The number of aromatic amines is 1. The van der Waals surface area contributed by atoms with E-state index in [1.807, 2.05) is 10.6 Å². The van der Waals surface area contributed by atoms with Crippen LogP contribution in [0.2, 0.25) is 5.02 Å². The molecule has 4 rings (SSSR count). The molecule has 0 aliphatic rings. The van der Waals surface area contributed by atoms with Gasteiger partial charge in [-0.05, 0) is 36.4 Å². The second kappa shape index (κ2) is 9.80. The van der Waals surface area contributed by atoms with Crippen LogP contribution in [0, 0.1) is 0 Å². The molecule has 10 heteroatoms. The minimum absolute atomic E-state index is 0.177. The van der Waals surface area contributed by atoms with Gasteiger partial charge in [0.05, 0.1) is 23.2 Å². The predicted octanol–water partition coefficient (Wildman–Crippen LogP) is 3.58. The SMILES string of the molecule is C=CCn1c(CNC(=O)c2ccc(Cl)cc2)nnc1SCc1nc2ccccc2c(=O)[nH]1. The maximum atomic E-state index is 12.4. The molecule has 2 aromatic carbocycles. The van der Waals surface area contributed by atoms with Crippen LogP contribution in [0.3, 0.4) is 0 Å². The number of fused-ring (bicyclic) bond motifs is 1. The van der Waals surface area contributed by atoms with Gasteiger partial charge in [0, 0.05) is 17.1 Å². The highest BCUT2D eigenvalue weighted by Crippen LogP contribution is 2.21. The average Bonchev–Trinajstić information content (AvgIpc) is 3.18. The first-order valence-electron chi connectivity index (χ1n) is 9.72. The van der Waals surface area contributed by atoms with Crippen molar-refractivity contribution in [1.29, 1.82) is 0 Å². The molecular formula is C22H19ClN6O2S. The van der Waals surface area contributed by atoms with Crippen LogP contribution in [-0.2, 0) is 18.8 Å². The summed E-state index contributed by atoms with van der Waals surface area (Å²) in [5.41, 5.74) is 0.972. The molecule has 0 aliphatic carbocycles. The van der Waals surface area contributed by atoms with Crippen LogP contribution in [0.5, 0.6) is 0 Å². The third-order valence-corrected chi connectivity index (χ3v) is 5.85. The number of benzene rings is 2. The van der Waals surface area contributed by atoms with Gasteiger partial charge in [0.2, 0.25) is 0 Å². The topological polar surface area (TPSA) is 106 Å². The molecule has 162 valence electrons. The first-order chi connectivity index (χ1) is 15.5. The van der Waals surface area contributed by atoms with Gasteiger partial charge in [-0.1, -0.05) is 41.6 Å². The van der Waals surface area contributed by atoms with E-state index in [-0.39, 0.29) is 18.0 Å². The molecule has 0 fully saturated rings. The van der Waals surface area contributed by atoms with Crippen molar-refractivity contribution in [2.75, 3.05) is 0 Å². The summed E-state index contributed by atoms with van der Waals surface area (Å²) >= 11 is 7.26. The van der Waals surface area contributed by atoms with Crippen molar-refractivity contribution in [3.05, 3.63) is 93.8 Å². The van der Waals surface area contributed by atoms with Gasteiger partial charge in [-0.25, -0.2) is 4.98 Å². The number of hydrogen-bond acceptors (Lipinski definition) is 6. The fourth-order valence-electron chi connectivity index (χ4n) is 3.07. The van der Waals surface area contributed by atoms with E-state index in [9.17, 15) is 9.59 Å². The highest BCUT2D eigenvalue weighted by molar-refractivity contribution is 7.98. The number of rotatable bonds is 8. The Morgan fingerprint density at radius 1 is 1.19 bits per heavy atom. The van der Waals surface area contributed by atoms with Gasteiger partial charge in [-0.2, -0.15) is 0 Å². The van der Waals surface area contributed by atoms with E-state index < -0.39 is 0 Å². The maximum Gasteiger partial charge on any atom is 0.258 e. The zero-order valence-electron chi connectivity index (χ0n) is 16.9. The standard InChI is InChI=1S/C22H19ClN6O2S/c1-2-11-29-19(12-24-20(30)14-7-9-15(23)10-8-14)27-28-22(29)32-13-18-25-17-6-4-3-5-16(17)21(31)26-18/h2-10H,1,11-13H2,(H,24,30)(H,25,26,31). The molecule has 0 bridgehead atoms. The Labute approximate surface area is 192 Å². The molecule has 2 heterocycles. The molecule has 8 nitrogen and oxygen atoms in total. The minimum Gasteiger partial charge on any atom is -0.345 e. The molecule has 32 heavy (non-hydrogen) atoms. The number of carbonyl (C=O) groups excluding carboxylic acids is 1. The van der Waals surface area contributed by atoms with Gasteiger partial charge in [0.15, 0.2) is 11.0 Å². The number of nitrogens with zero attached hydrogens (tertiary/aromatic N) is 4. The van der Waals surface area contributed by atoms with E-state index in [0.717, 1.165) is 0 Å². The van der Waals surface area contributed by atoms with E-state index >= 15 is 0 Å². The summed E-state index contributed by atoms with van der Waals surface area (Å²) in [6.45, 7) is 4.47. The van der Waals surface area contributed by atoms with Gasteiger partial charge in [0.25, 0.3) is 11.5 Å². The number of carbonyl (C=O) groups is 1. The summed E-state index contributed by atoms with van der Waals surface area (Å²) in [7, 11) is 0. The molecule has 0 aliphatic heterocycles. The zero-order valence-corrected chi connectivity index (χ0v) is 18.5. The number of thioether (sulfide) groups is 1. The maximum absolute atomic E-state index is 12.4. The second-order valence-electron chi connectivity index (χ2n) is 6.81. The van der Waals surface area contributed by atoms with Gasteiger partial charge < -0.3 is 14.9 Å². The first kappa shape index (κ1) is 21.8. The molecule has 2 N–H and O–H groups in total. The summed E-state index contributed by atoms with van der Waals surface area (Å²) in [5.74, 6) is 1.31. The van der Waals surface area contributed by atoms with Gasteiger partial charge in [-0.15, -0.1) is 16.8 Å². The molecule has 0 spiro atoms. The van der Waals surface area contributed by atoms with Crippen molar-refractivity contribution < 1.29 is 4.79 Å². The smallest absolute Gasteiger partial charge is 0.258 e. The normalized spacial score (nSPS) is 10.9. The Balaban J connectivity index is 1.47. The number of nitrogens with one attached hydrogen (secondary N) is 2. The Hall–Kier alpha value is -3.43. The van der Waals surface area contributed by atoms with E-state index in [1.165, 1.54) is 11.8 Å². The van der Waals surface area contributed by atoms with Crippen LogP contribution >= 0.6 is 23.4 Å². The Kier molecular flexibility index (Phi) is 6.67. The van der Waals surface area contributed by atoms with Crippen LogP contribution in [0.25, 0.3) is 10.9 Å². The molecule has 1 amide bonds. The number of hydrogen-bond donors (Lipinski definition) is 2. The number of aromatic nitrogens is 5. The second-order valence-corrected chi connectivity index (χ2v) is 8.19. The summed E-state index contributed by atoms with van der Waals surface area (Å²) in [6.07, 6.45) is 1.73. The van der Waals surface area contributed by atoms with Crippen molar-refractivity contribution in [2.24, 2.45) is 0 Å². The summed E-state index contributed by atoms with van der Waals surface area (Å²) in [5, 5.41) is 13.0. The molecule has 0 radical (unpaired) electrons. The number of H-pyrrole nitrogens is 1. The van der Waals surface area contributed by atoms with E-state index in [2.05, 4.69) is 32.1 Å². The molecule has 0 saturated carbocycles. The molecule has 0 atom stereocenters. The molecule has 2 aromatic heterocycles. The van der Waals surface area contributed by atoms with Crippen molar-refractivity contribution in [1.82, 2.24) is 30.0 Å².